The van der Waals surface area contributed by atoms with Gasteiger partial charge in [0.1, 0.15) is 11.9 Å². The van der Waals surface area contributed by atoms with Crippen molar-refractivity contribution in [1.29, 1.82) is 5.26 Å². The molecule has 0 radical (unpaired) electrons. The van der Waals surface area contributed by atoms with E-state index >= 15 is 0 Å². The fraction of sp³-hybridized carbons (Fsp3) is 0.389. The van der Waals surface area contributed by atoms with Crippen molar-refractivity contribution in [3.05, 3.63) is 53.3 Å². The Morgan fingerprint density at radius 2 is 2.18 bits per heavy atom. The van der Waals surface area contributed by atoms with Gasteiger partial charge in [-0.05, 0) is 30.8 Å². The van der Waals surface area contributed by atoms with E-state index in [2.05, 4.69) is 40.6 Å². The molecular weight excluding hydrogens is 274 g/mol. The Kier molecular flexibility index (Phi) is 3.91. The molecule has 22 heavy (non-hydrogen) atoms. The topological polar surface area (TPSA) is 48.3 Å². The molecule has 3 atom stereocenters. The number of fused-ring (bicyclic) bond motifs is 2. The van der Waals surface area contributed by atoms with E-state index in [0.29, 0.717) is 0 Å². The fourth-order valence-corrected chi connectivity index (χ4v) is 3.13. The summed E-state index contributed by atoms with van der Waals surface area (Å²) in [6.07, 6.45) is 6.22. The van der Waals surface area contributed by atoms with Crippen LogP contribution in [-0.2, 0) is 6.54 Å². The van der Waals surface area contributed by atoms with Crippen molar-refractivity contribution in [3.8, 4) is 11.8 Å². The summed E-state index contributed by atoms with van der Waals surface area (Å²) >= 11 is 0. The van der Waals surface area contributed by atoms with Crippen molar-refractivity contribution in [2.24, 2.45) is 5.92 Å². The first-order valence-electron chi connectivity index (χ1n) is 7.55. The monoisotopic (exact) mass is 295 g/mol. The van der Waals surface area contributed by atoms with Gasteiger partial charge in [0.25, 0.3) is 0 Å². The molecule has 1 N–H and O–H groups in total. The molecule has 3 rings (SSSR count). The van der Waals surface area contributed by atoms with E-state index in [9.17, 15) is 5.26 Å². The van der Waals surface area contributed by atoms with Crippen molar-refractivity contribution >= 4 is 0 Å². The number of hydrogen-bond donors (Lipinski definition) is 1. The van der Waals surface area contributed by atoms with Gasteiger partial charge in [0, 0.05) is 37.8 Å². The molecule has 114 valence electrons. The van der Waals surface area contributed by atoms with Crippen LogP contribution in [-0.4, -0.2) is 32.1 Å². The van der Waals surface area contributed by atoms with Gasteiger partial charge in [-0.15, -0.1) is 0 Å². The number of nitrogens with zero attached hydrogens (tertiary/aromatic N) is 2. The molecule has 0 amide bonds. The Morgan fingerprint density at radius 3 is 2.86 bits per heavy atom. The van der Waals surface area contributed by atoms with Gasteiger partial charge >= 0.3 is 0 Å². The third-order valence-corrected chi connectivity index (χ3v) is 4.30. The average Bonchev–Trinajstić information content (AvgIpc) is 2.52. The summed E-state index contributed by atoms with van der Waals surface area (Å²) in [6.45, 7) is 0.792. The van der Waals surface area contributed by atoms with Gasteiger partial charge < -0.3 is 15.0 Å². The van der Waals surface area contributed by atoms with Crippen LogP contribution in [0.3, 0.4) is 0 Å². The van der Waals surface area contributed by atoms with Crippen molar-refractivity contribution < 1.29 is 4.74 Å². The van der Waals surface area contributed by atoms with Crippen LogP contribution in [0.2, 0.25) is 0 Å². The van der Waals surface area contributed by atoms with Gasteiger partial charge in [-0.25, -0.2) is 0 Å². The first-order chi connectivity index (χ1) is 10.6. The quantitative estimate of drug-likeness (QED) is 0.930. The Hall–Kier alpha value is -2.25. The lowest BCUT2D eigenvalue weighted by atomic mass is 9.78. The zero-order valence-electron chi connectivity index (χ0n) is 13.2. The highest BCUT2D eigenvalue weighted by atomic mass is 16.5. The molecule has 0 spiro atoms. The second kappa shape index (κ2) is 5.86. The minimum atomic E-state index is -0.159. The van der Waals surface area contributed by atoms with Crippen molar-refractivity contribution in [2.75, 3.05) is 21.1 Å². The Bertz CT molecular complexity index is 669. The Morgan fingerprint density at radius 1 is 1.36 bits per heavy atom. The molecule has 1 aromatic rings. The van der Waals surface area contributed by atoms with Crippen LogP contribution in [0.4, 0.5) is 0 Å². The molecule has 2 aliphatic rings. The predicted molar refractivity (Wildman–Crippen MR) is 86.4 cm³/mol. The van der Waals surface area contributed by atoms with E-state index in [4.69, 9.17) is 4.74 Å². The summed E-state index contributed by atoms with van der Waals surface area (Å²) in [5.74, 6) is 0.759. The first-order valence-corrected chi connectivity index (χ1v) is 7.55. The molecule has 0 bridgehead atoms. The van der Waals surface area contributed by atoms with Crippen LogP contribution < -0.4 is 10.1 Å². The first kappa shape index (κ1) is 14.7. The average molecular weight is 295 g/mol. The number of allylic oxidation sites excluding steroid dienone is 1. The highest BCUT2D eigenvalue weighted by molar-refractivity contribution is 5.47. The second-order valence-corrected chi connectivity index (χ2v) is 6.01. The molecular formula is C18H21N3O. The predicted octanol–water partition coefficient (Wildman–Crippen LogP) is 2.41. The lowest BCUT2D eigenvalue weighted by molar-refractivity contribution is 0.166. The second-order valence-electron chi connectivity index (χ2n) is 6.01. The standard InChI is InChI=1S/C18H21N3O/c1-20-11-12-4-6-14-16(10-19)15-7-5-13(21(2)3)9-18(15)22-17(14)8-12/h4-9,15-16,18,20H,11H2,1-3H3. The summed E-state index contributed by atoms with van der Waals surface area (Å²) in [5.41, 5.74) is 3.28. The van der Waals surface area contributed by atoms with Crippen molar-refractivity contribution in [3.63, 3.8) is 0 Å². The van der Waals surface area contributed by atoms with Crippen LogP contribution in [0, 0.1) is 17.2 Å². The summed E-state index contributed by atoms with van der Waals surface area (Å²) in [6, 6.07) is 8.61. The van der Waals surface area contributed by atoms with E-state index in [1.54, 1.807) is 0 Å². The SMILES string of the molecule is CNCc1ccc2c(c1)OC1C=C(N(C)C)C=CC1C2C#N. The minimum absolute atomic E-state index is 0.0793. The molecule has 4 heteroatoms. The van der Waals surface area contributed by atoms with Crippen LogP contribution in [0.5, 0.6) is 5.75 Å². The molecule has 1 heterocycles. The number of likely N-dealkylation sites (N-methyl/N-ethyl adjacent to an activating group) is 1. The van der Waals surface area contributed by atoms with E-state index in [-0.39, 0.29) is 17.9 Å². The summed E-state index contributed by atoms with van der Waals surface area (Å²) in [5, 5.41) is 12.8. The highest BCUT2D eigenvalue weighted by Crippen LogP contribution is 2.43. The number of nitriles is 1. The molecule has 0 fully saturated rings. The lowest BCUT2D eigenvalue weighted by Crippen LogP contribution is -2.36. The zero-order chi connectivity index (χ0) is 15.7. The maximum absolute atomic E-state index is 9.64. The number of benzene rings is 1. The van der Waals surface area contributed by atoms with Gasteiger partial charge in [-0.3, -0.25) is 0 Å². The molecule has 1 aliphatic carbocycles. The molecule has 1 aliphatic heterocycles. The summed E-state index contributed by atoms with van der Waals surface area (Å²) < 4.78 is 6.20. The summed E-state index contributed by atoms with van der Waals surface area (Å²) in [4.78, 5) is 2.06. The molecule has 0 saturated heterocycles. The van der Waals surface area contributed by atoms with E-state index in [1.807, 2.05) is 33.3 Å². The van der Waals surface area contributed by atoms with Crippen molar-refractivity contribution in [2.45, 2.75) is 18.6 Å². The Balaban J connectivity index is 1.99. The third kappa shape index (κ3) is 2.49. The molecule has 0 saturated carbocycles. The van der Waals surface area contributed by atoms with Crippen LogP contribution in [0.25, 0.3) is 0 Å². The van der Waals surface area contributed by atoms with Crippen LogP contribution in [0.1, 0.15) is 17.0 Å². The molecule has 1 aromatic carbocycles. The molecule has 4 nitrogen and oxygen atoms in total. The maximum atomic E-state index is 9.64. The third-order valence-electron chi connectivity index (χ3n) is 4.30. The Labute approximate surface area is 131 Å². The molecule has 0 aromatic heterocycles. The zero-order valence-corrected chi connectivity index (χ0v) is 13.2. The van der Waals surface area contributed by atoms with Gasteiger partial charge in [0.2, 0.25) is 0 Å². The van der Waals surface area contributed by atoms with E-state index in [1.165, 1.54) is 5.56 Å². The number of hydrogen-bond acceptors (Lipinski definition) is 4. The van der Waals surface area contributed by atoms with Crippen molar-refractivity contribution in [1.82, 2.24) is 10.2 Å². The number of nitrogens with one attached hydrogen (secondary N) is 1. The fourth-order valence-electron chi connectivity index (χ4n) is 3.13. The van der Waals surface area contributed by atoms with Gasteiger partial charge in [0.15, 0.2) is 0 Å². The molecule has 3 unspecified atom stereocenters. The van der Waals surface area contributed by atoms with Crippen LogP contribution in [0.15, 0.2) is 42.1 Å². The smallest absolute Gasteiger partial charge is 0.127 e. The van der Waals surface area contributed by atoms with Crippen LogP contribution >= 0.6 is 0 Å². The van der Waals surface area contributed by atoms with E-state index < -0.39 is 0 Å². The minimum Gasteiger partial charge on any atom is -0.485 e. The number of ether oxygens (including phenoxy) is 1. The maximum Gasteiger partial charge on any atom is 0.127 e. The largest absolute Gasteiger partial charge is 0.485 e. The number of rotatable bonds is 3. The summed E-state index contributed by atoms with van der Waals surface area (Å²) in [7, 11) is 5.95. The lowest BCUT2D eigenvalue weighted by Gasteiger charge is -2.37. The van der Waals surface area contributed by atoms with Gasteiger partial charge in [0.05, 0.1) is 12.0 Å². The normalized spacial score (nSPS) is 25.4. The van der Waals surface area contributed by atoms with Gasteiger partial charge in [-0.2, -0.15) is 5.26 Å². The van der Waals surface area contributed by atoms with E-state index in [0.717, 1.165) is 23.6 Å². The highest BCUT2D eigenvalue weighted by Gasteiger charge is 2.37. The van der Waals surface area contributed by atoms with Gasteiger partial charge in [-0.1, -0.05) is 18.2 Å².